The monoisotopic (exact) mass is 210 g/mol. The molecule has 0 fully saturated rings. The Balaban J connectivity index is 2.95. The van der Waals surface area contributed by atoms with E-state index in [4.69, 9.17) is 5.73 Å². The molecule has 0 bridgehead atoms. The van der Waals surface area contributed by atoms with E-state index in [1.807, 2.05) is 20.8 Å². The first kappa shape index (κ1) is 11.6. The highest BCUT2D eigenvalue weighted by Crippen LogP contribution is 2.12. The zero-order valence-electron chi connectivity index (χ0n) is 9.69. The summed E-state index contributed by atoms with van der Waals surface area (Å²) in [6.07, 6.45) is 1.68. The van der Waals surface area contributed by atoms with Gasteiger partial charge in [-0.1, -0.05) is 0 Å². The number of anilines is 1. The third kappa shape index (κ3) is 2.29. The second kappa shape index (κ2) is 4.33. The van der Waals surface area contributed by atoms with Crippen LogP contribution in [0, 0.1) is 0 Å². The molecule has 84 valence electrons. The first-order valence-corrected chi connectivity index (χ1v) is 5.07. The molecular formula is C10H18N4O. The van der Waals surface area contributed by atoms with Gasteiger partial charge in [0.05, 0.1) is 5.69 Å². The number of nitrogens with zero attached hydrogens (tertiary/aromatic N) is 3. The number of nitrogen functional groups attached to an aromatic ring is 1. The largest absolute Gasteiger partial charge is 0.396 e. The van der Waals surface area contributed by atoms with Crippen molar-refractivity contribution in [3.05, 3.63) is 11.9 Å². The molecule has 2 N–H and O–H groups in total. The van der Waals surface area contributed by atoms with Gasteiger partial charge in [-0.05, 0) is 20.8 Å². The fourth-order valence-electron chi connectivity index (χ4n) is 1.17. The van der Waals surface area contributed by atoms with Crippen LogP contribution in [0.15, 0.2) is 6.20 Å². The molecule has 0 spiro atoms. The van der Waals surface area contributed by atoms with Crippen LogP contribution >= 0.6 is 0 Å². The van der Waals surface area contributed by atoms with Crippen molar-refractivity contribution in [1.29, 1.82) is 0 Å². The fraction of sp³-hybridized carbons (Fsp3) is 0.600. The zero-order chi connectivity index (χ0) is 11.6. The minimum absolute atomic E-state index is 0.130. The summed E-state index contributed by atoms with van der Waals surface area (Å²) in [5.41, 5.74) is 6.50. The van der Waals surface area contributed by atoms with E-state index < -0.39 is 0 Å². The van der Waals surface area contributed by atoms with Crippen LogP contribution in [0.2, 0.25) is 0 Å². The van der Waals surface area contributed by atoms with Crippen molar-refractivity contribution in [2.24, 2.45) is 0 Å². The van der Waals surface area contributed by atoms with E-state index in [9.17, 15) is 4.79 Å². The molecule has 5 nitrogen and oxygen atoms in total. The van der Waals surface area contributed by atoms with Gasteiger partial charge in [0.1, 0.15) is 0 Å². The summed E-state index contributed by atoms with van der Waals surface area (Å²) in [6.45, 7) is 6.56. The number of carbonyl (C=O) groups excluding carboxylic acids is 1. The molecule has 1 aromatic heterocycles. The van der Waals surface area contributed by atoms with Crippen molar-refractivity contribution < 1.29 is 4.79 Å². The third-order valence-corrected chi connectivity index (χ3v) is 2.41. The SMILES string of the molecule is CCn1cc(N)c(C(=O)N(C)C(C)C)n1. The standard InChI is InChI=1S/C10H18N4O/c1-5-14-6-8(11)9(12-14)10(15)13(4)7(2)3/h6-7H,5,11H2,1-4H3. The highest BCUT2D eigenvalue weighted by atomic mass is 16.2. The Morgan fingerprint density at radius 2 is 2.27 bits per heavy atom. The normalized spacial score (nSPS) is 10.7. The first-order chi connectivity index (χ1) is 6.97. The van der Waals surface area contributed by atoms with Crippen LogP contribution in [-0.4, -0.2) is 33.7 Å². The average molecular weight is 210 g/mol. The van der Waals surface area contributed by atoms with Crippen molar-refractivity contribution in [3.63, 3.8) is 0 Å². The van der Waals surface area contributed by atoms with E-state index in [-0.39, 0.29) is 11.9 Å². The van der Waals surface area contributed by atoms with Gasteiger partial charge >= 0.3 is 0 Å². The smallest absolute Gasteiger partial charge is 0.276 e. The Kier molecular flexibility index (Phi) is 3.34. The molecule has 0 unspecified atom stereocenters. The summed E-state index contributed by atoms with van der Waals surface area (Å²) in [4.78, 5) is 13.5. The molecule has 0 aromatic carbocycles. The molecule has 1 aromatic rings. The van der Waals surface area contributed by atoms with E-state index in [0.717, 1.165) is 0 Å². The highest BCUT2D eigenvalue weighted by molar-refractivity contribution is 5.97. The van der Waals surface area contributed by atoms with Gasteiger partial charge in [-0.3, -0.25) is 9.48 Å². The van der Waals surface area contributed by atoms with E-state index in [0.29, 0.717) is 17.9 Å². The minimum Gasteiger partial charge on any atom is -0.396 e. The second-order valence-electron chi connectivity index (χ2n) is 3.80. The lowest BCUT2D eigenvalue weighted by Crippen LogP contribution is -2.33. The summed E-state index contributed by atoms with van der Waals surface area (Å²) in [6, 6.07) is 0.142. The summed E-state index contributed by atoms with van der Waals surface area (Å²) in [5, 5.41) is 4.13. The van der Waals surface area contributed by atoms with Gasteiger partial charge in [-0.15, -0.1) is 0 Å². The molecule has 0 radical (unpaired) electrons. The number of nitrogens with two attached hydrogens (primary N) is 1. The maximum Gasteiger partial charge on any atom is 0.276 e. The lowest BCUT2D eigenvalue weighted by molar-refractivity contribution is 0.0749. The predicted octanol–water partition coefficient (Wildman–Crippen LogP) is 0.966. The van der Waals surface area contributed by atoms with Crippen molar-refractivity contribution in [3.8, 4) is 0 Å². The summed E-state index contributed by atoms with van der Waals surface area (Å²) >= 11 is 0. The van der Waals surface area contributed by atoms with Gasteiger partial charge in [-0.2, -0.15) is 5.10 Å². The molecule has 15 heavy (non-hydrogen) atoms. The number of carbonyl (C=O) groups is 1. The number of aryl methyl sites for hydroxylation is 1. The van der Waals surface area contributed by atoms with Crippen LogP contribution in [0.3, 0.4) is 0 Å². The van der Waals surface area contributed by atoms with Gasteiger partial charge in [-0.25, -0.2) is 0 Å². The van der Waals surface area contributed by atoms with Crippen LogP contribution in [0.25, 0.3) is 0 Å². The molecule has 5 heteroatoms. The minimum atomic E-state index is -0.130. The third-order valence-electron chi connectivity index (χ3n) is 2.41. The van der Waals surface area contributed by atoms with Crippen molar-refractivity contribution >= 4 is 11.6 Å². The molecule has 1 heterocycles. The topological polar surface area (TPSA) is 64.2 Å². The van der Waals surface area contributed by atoms with Crippen LogP contribution in [-0.2, 0) is 6.54 Å². The molecule has 0 atom stereocenters. The molecule has 1 rings (SSSR count). The molecule has 1 amide bonds. The Hall–Kier alpha value is -1.52. The number of aromatic nitrogens is 2. The van der Waals surface area contributed by atoms with E-state index in [2.05, 4.69) is 5.10 Å². The van der Waals surface area contributed by atoms with Crippen molar-refractivity contribution in [2.75, 3.05) is 12.8 Å². The quantitative estimate of drug-likeness (QED) is 0.808. The second-order valence-corrected chi connectivity index (χ2v) is 3.80. The van der Waals surface area contributed by atoms with Crippen LogP contribution in [0.4, 0.5) is 5.69 Å². The zero-order valence-corrected chi connectivity index (χ0v) is 9.69. The lowest BCUT2D eigenvalue weighted by atomic mass is 10.3. The Morgan fingerprint density at radius 1 is 1.67 bits per heavy atom. The summed E-state index contributed by atoms with van der Waals surface area (Å²) in [5.74, 6) is -0.130. The summed E-state index contributed by atoms with van der Waals surface area (Å²) < 4.78 is 1.66. The van der Waals surface area contributed by atoms with Gasteiger partial charge in [0.15, 0.2) is 5.69 Å². The van der Waals surface area contributed by atoms with Gasteiger partial charge < -0.3 is 10.6 Å². The van der Waals surface area contributed by atoms with Crippen LogP contribution < -0.4 is 5.73 Å². The fourth-order valence-corrected chi connectivity index (χ4v) is 1.17. The average Bonchev–Trinajstić information content (AvgIpc) is 2.57. The van der Waals surface area contributed by atoms with E-state index >= 15 is 0 Å². The van der Waals surface area contributed by atoms with E-state index in [1.54, 1.807) is 22.8 Å². The number of rotatable bonds is 3. The van der Waals surface area contributed by atoms with Crippen molar-refractivity contribution in [2.45, 2.75) is 33.4 Å². The highest BCUT2D eigenvalue weighted by Gasteiger charge is 2.20. The molecule has 0 aliphatic heterocycles. The molecule has 0 saturated heterocycles. The predicted molar refractivity (Wildman–Crippen MR) is 59.5 cm³/mol. The van der Waals surface area contributed by atoms with Gasteiger partial charge in [0.25, 0.3) is 5.91 Å². The number of hydrogen-bond donors (Lipinski definition) is 1. The Labute approximate surface area is 89.9 Å². The number of hydrogen-bond acceptors (Lipinski definition) is 3. The molecule has 0 aliphatic carbocycles. The van der Waals surface area contributed by atoms with Crippen molar-refractivity contribution in [1.82, 2.24) is 14.7 Å². The Bertz CT molecular complexity index is 356. The van der Waals surface area contributed by atoms with Crippen LogP contribution in [0.1, 0.15) is 31.3 Å². The maximum atomic E-state index is 11.9. The van der Waals surface area contributed by atoms with E-state index in [1.165, 1.54) is 0 Å². The maximum absolute atomic E-state index is 11.9. The molecule has 0 aliphatic rings. The molecular weight excluding hydrogens is 192 g/mol. The first-order valence-electron chi connectivity index (χ1n) is 5.07. The number of amides is 1. The summed E-state index contributed by atoms with van der Waals surface area (Å²) in [7, 11) is 1.75. The van der Waals surface area contributed by atoms with Crippen LogP contribution in [0.5, 0.6) is 0 Å². The van der Waals surface area contributed by atoms with Gasteiger partial charge in [0.2, 0.25) is 0 Å². The van der Waals surface area contributed by atoms with Gasteiger partial charge in [0, 0.05) is 25.8 Å². The Morgan fingerprint density at radius 3 is 2.67 bits per heavy atom. The molecule has 0 saturated carbocycles. The lowest BCUT2D eigenvalue weighted by Gasteiger charge is -2.20.